The fourth-order valence-corrected chi connectivity index (χ4v) is 1.62. The third kappa shape index (κ3) is 2.45. The molecule has 0 saturated heterocycles. The van der Waals surface area contributed by atoms with E-state index in [4.69, 9.17) is 14.6 Å². The van der Waals surface area contributed by atoms with Crippen LogP contribution in [0.1, 0.15) is 29.3 Å². The number of rotatable bonds is 5. The lowest BCUT2D eigenvalue weighted by molar-refractivity contribution is 0.0696. The Morgan fingerprint density at radius 1 is 1.31 bits per heavy atom. The maximum atomic E-state index is 10.9. The van der Waals surface area contributed by atoms with Crippen LogP contribution in [0.25, 0.3) is 0 Å². The van der Waals surface area contributed by atoms with Gasteiger partial charge in [0.15, 0.2) is 11.5 Å². The van der Waals surface area contributed by atoms with E-state index in [0.717, 1.165) is 18.4 Å². The third-order valence-corrected chi connectivity index (χ3v) is 2.32. The second-order valence-corrected chi connectivity index (χ2v) is 3.43. The van der Waals surface area contributed by atoms with Crippen molar-refractivity contribution in [3.8, 4) is 11.5 Å². The maximum Gasteiger partial charge on any atom is 0.335 e. The van der Waals surface area contributed by atoms with Crippen molar-refractivity contribution < 1.29 is 19.4 Å². The molecule has 16 heavy (non-hydrogen) atoms. The molecule has 0 spiro atoms. The van der Waals surface area contributed by atoms with E-state index in [2.05, 4.69) is 0 Å². The SMILES string of the molecule is CCCc1cc(C(=O)O)cc(OC)c1OC. The number of aromatic carboxylic acids is 1. The van der Waals surface area contributed by atoms with Crippen LogP contribution in [0.2, 0.25) is 0 Å². The van der Waals surface area contributed by atoms with Crippen molar-refractivity contribution >= 4 is 5.97 Å². The summed E-state index contributed by atoms with van der Waals surface area (Å²) in [7, 11) is 3.05. The average Bonchev–Trinajstić information content (AvgIpc) is 2.28. The number of methoxy groups -OCH3 is 2. The molecule has 1 rings (SSSR count). The molecule has 0 aliphatic heterocycles. The molecule has 88 valence electrons. The van der Waals surface area contributed by atoms with Gasteiger partial charge in [0.2, 0.25) is 0 Å². The first-order chi connectivity index (χ1) is 7.63. The second kappa shape index (κ2) is 5.39. The van der Waals surface area contributed by atoms with Crippen LogP contribution in [0.5, 0.6) is 11.5 Å². The van der Waals surface area contributed by atoms with E-state index in [0.29, 0.717) is 11.5 Å². The average molecular weight is 224 g/mol. The van der Waals surface area contributed by atoms with E-state index in [1.54, 1.807) is 13.2 Å². The Hall–Kier alpha value is -1.71. The zero-order chi connectivity index (χ0) is 12.1. The summed E-state index contributed by atoms with van der Waals surface area (Å²) in [6, 6.07) is 3.10. The molecule has 4 nitrogen and oxygen atoms in total. The van der Waals surface area contributed by atoms with Crippen LogP contribution >= 0.6 is 0 Å². The van der Waals surface area contributed by atoms with Gasteiger partial charge in [0, 0.05) is 0 Å². The van der Waals surface area contributed by atoms with Crippen molar-refractivity contribution in [1.29, 1.82) is 0 Å². The lowest BCUT2D eigenvalue weighted by atomic mass is 10.0. The predicted molar refractivity (Wildman–Crippen MR) is 60.5 cm³/mol. The van der Waals surface area contributed by atoms with Gasteiger partial charge in [0.1, 0.15) is 0 Å². The monoisotopic (exact) mass is 224 g/mol. The minimum Gasteiger partial charge on any atom is -0.493 e. The van der Waals surface area contributed by atoms with Crippen LogP contribution in [0.3, 0.4) is 0 Å². The van der Waals surface area contributed by atoms with Gasteiger partial charge in [-0.2, -0.15) is 0 Å². The van der Waals surface area contributed by atoms with Gasteiger partial charge in [-0.05, 0) is 24.1 Å². The summed E-state index contributed by atoms with van der Waals surface area (Å²) in [6.07, 6.45) is 1.68. The number of ether oxygens (including phenoxy) is 2. The normalized spacial score (nSPS) is 9.94. The van der Waals surface area contributed by atoms with Gasteiger partial charge < -0.3 is 14.6 Å². The van der Waals surface area contributed by atoms with Crippen LogP contribution in [-0.2, 0) is 6.42 Å². The molecule has 0 unspecified atom stereocenters. The molecule has 4 heteroatoms. The van der Waals surface area contributed by atoms with Gasteiger partial charge in [-0.25, -0.2) is 4.79 Å². The van der Waals surface area contributed by atoms with Crippen molar-refractivity contribution in [1.82, 2.24) is 0 Å². The number of benzene rings is 1. The summed E-state index contributed by atoms with van der Waals surface area (Å²) >= 11 is 0. The molecule has 0 aliphatic rings. The first-order valence-corrected chi connectivity index (χ1v) is 5.12. The molecule has 1 aromatic rings. The highest BCUT2D eigenvalue weighted by Crippen LogP contribution is 2.33. The highest BCUT2D eigenvalue weighted by atomic mass is 16.5. The second-order valence-electron chi connectivity index (χ2n) is 3.43. The highest BCUT2D eigenvalue weighted by Gasteiger charge is 2.14. The van der Waals surface area contributed by atoms with Crippen LogP contribution in [0.15, 0.2) is 12.1 Å². The van der Waals surface area contributed by atoms with Crippen LogP contribution in [-0.4, -0.2) is 25.3 Å². The van der Waals surface area contributed by atoms with Crippen LogP contribution < -0.4 is 9.47 Å². The highest BCUT2D eigenvalue weighted by molar-refractivity contribution is 5.89. The summed E-state index contributed by atoms with van der Waals surface area (Å²) in [6.45, 7) is 2.03. The topological polar surface area (TPSA) is 55.8 Å². The van der Waals surface area contributed by atoms with E-state index in [9.17, 15) is 4.79 Å². The number of carboxylic acid groups (broad SMARTS) is 1. The van der Waals surface area contributed by atoms with Crippen LogP contribution in [0, 0.1) is 0 Å². The zero-order valence-electron chi connectivity index (χ0n) is 9.74. The standard InChI is InChI=1S/C12H16O4/c1-4-5-8-6-9(12(13)14)7-10(15-2)11(8)16-3/h6-7H,4-5H2,1-3H3,(H,13,14). The van der Waals surface area contributed by atoms with Gasteiger partial charge in [0.05, 0.1) is 19.8 Å². The maximum absolute atomic E-state index is 10.9. The molecule has 0 aromatic heterocycles. The Morgan fingerprint density at radius 3 is 2.44 bits per heavy atom. The minimum atomic E-state index is -0.960. The largest absolute Gasteiger partial charge is 0.493 e. The predicted octanol–water partition coefficient (Wildman–Crippen LogP) is 2.35. The summed E-state index contributed by atoms with van der Waals surface area (Å²) < 4.78 is 10.4. The van der Waals surface area contributed by atoms with Crippen molar-refractivity contribution in [2.24, 2.45) is 0 Å². The summed E-state index contributed by atoms with van der Waals surface area (Å²) in [5, 5.41) is 8.96. The molecule has 0 saturated carbocycles. The van der Waals surface area contributed by atoms with Crippen molar-refractivity contribution in [3.63, 3.8) is 0 Å². The fraction of sp³-hybridized carbons (Fsp3) is 0.417. The van der Waals surface area contributed by atoms with Crippen LogP contribution in [0.4, 0.5) is 0 Å². The number of hydrogen-bond donors (Lipinski definition) is 1. The van der Waals surface area contributed by atoms with E-state index >= 15 is 0 Å². The third-order valence-electron chi connectivity index (χ3n) is 2.32. The Labute approximate surface area is 94.8 Å². The summed E-state index contributed by atoms with van der Waals surface area (Å²) in [5.41, 5.74) is 1.09. The number of hydrogen-bond acceptors (Lipinski definition) is 3. The molecule has 0 aliphatic carbocycles. The van der Waals surface area contributed by atoms with E-state index in [1.165, 1.54) is 13.2 Å². The first-order valence-electron chi connectivity index (χ1n) is 5.12. The smallest absolute Gasteiger partial charge is 0.335 e. The first kappa shape index (κ1) is 12.4. The van der Waals surface area contributed by atoms with Gasteiger partial charge in [-0.3, -0.25) is 0 Å². The Bertz CT molecular complexity index is 385. The van der Waals surface area contributed by atoms with E-state index in [-0.39, 0.29) is 5.56 Å². The van der Waals surface area contributed by atoms with Gasteiger partial charge in [-0.15, -0.1) is 0 Å². The van der Waals surface area contributed by atoms with Gasteiger partial charge in [0.25, 0.3) is 0 Å². The van der Waals surface area contributed by atoms with E-state index in [1.807, 2.05) is 6.92 Å². The molecule has 1 N–H and O–H groups in total. The van der Waals surface area contributed by atoms with Crippen molar-refractivity contribution in [3.05, 3.63) is 23.3 Å². The molecule has 0 heterocycles. The zero-order valence-corrected chi connectivity index (χ0v) is 9.74. The lowest BCUT2D eigenvalue weighted by Crippen LogP contribution is -2.02. The summed E-state index contributed by atoms with van der Waals surface area (Å²) in [5.74, 6) is 0.124. The van der Waals surface area contributed by atoms with Crippen molar-refractivity contribution in [2.75, 3.05) is 14.2 Å². The molecule has 0 radical (unpaired) electrons. The molecule has 1 aromatic carbocycles. The van der Waals surface area contributed by atoms with E-state index < -0.39 is 5.97 Å². The number of carbonyl (C=O) groups is 1. The fourth-order valence-electron chi connectivity index (χ4n) is 1.62. The Kier molecular flexibility index (Phi) is 4.17. The molecule has 0 atom stereocenters. The molecule has 0 fully saturated rings. The Balaban J connectivity index is 3.31. The molecule has 0 amide bonds. The molecule has 0 bridgehead atoms. The van der Waals surface area contributed by atoms with Crippen molar-refractivity contribution in [2.45, 2.75) is 19.8 Å². The van der Waals surface area contributed by atoms with Gasteiger partial charge in [-0.1, -0.05) is 13.3 Å². The Morgan fingerprint density at radius 2 is 2.00 bits per heavy atom. The number of aryl methyl sites for hydroxylation is 1. The summed E-state index contributed by atoms with van der Waals surface area (Å²) in [4.78, 5) is 10.9. The quantitative estimate of drug-likeness (QED) is 0.834. The molecular weight excluding hydrogens is 208 g/mol. The molecular formula is C12H16O4. The van der Waals surface area contributed by atoms with Gasteiger partial charge >= 0.3 is 5.97 Å². The lowest BCUT2D eigenvalue weighted by Gasteiger charge is -2.13. The minimum absolute atomic E-state index is 0.223. The number of carboxylic acids is 1.